The molecule has 6 heteroatoms. The van der Waals surface area contributed by atoms with Gasteiger partial charge in [-0.2, -0.15) is 0 Å². The highest BCUT2D eigenvalue weighted by atomic mass is 16.5. The average molecular weight is 417 g/mol. The van der Waals surface area contributed by atoms with Gasteiger partial charge in [0.25, 0.3) is 0 Å². The van der Waals surface area contributed by atoms with Crippen molar-refractivity contribution in [1.82, 2.24) is 5.32 Å². The van der Waals surface area contributed by atoms with Crippen LogP contribution >= 0.6 is 0 Å². The normalized spacial score (nSPS) is 13.1. The van der Waals surface area contributed by atoms with Gasteiger partial charge in [-0.15, -0.1) is 0 Å². The smallest absolute Gasteiger partial charge is 0.407 e. The van der Waals surface area contributed by atoms with Crippen LogP contribution in [0.3, 0.4) is 0 Å². The molecule has 3 aromatic rings. The average Bonchev–Trinajstić information content (AvgIpc) is 3.11. The van der Waals surface area contributed by atoms with E-state index in [1.807, 2.05) is 24.3 Å². The van der Waals surface area contributed by atoms with E-state index in [-0.39, 0.29) is 23.8 Å². The first-order valence-corrected chi connectivity index (χ1v) is 10.0. The Morgan fingerprint density at radius 3 is 2.23 bits per heavy atom. The third kappa shape index (κ3) is 3.97. The molecule has 158 valence electrons. The first kappa shape index (κ1) is 20.5. The number of hydrogen-bond acceptors (Lipinski definition) is 5. The molecule has 1 aliphatic carbocycles. The molecule has 0 aliphatic heterocycles. The third-order valence-electron chi connectivity index (χ3n) is 5.60. The summed E-state index contributed by atoms with van der Waals surface area (Å²) in [5.41, 5.74) is 5.31. The Morgan fingerprint density at radius 1 is 1.00 bits per heavy atom. The molecule has 1 atom stereocenters. The summed E-state index contributed by atoms with van der Waals surface area (Å²) >= 11 is 0. The number of ether oxygens (including phenoxy) is 2. The van der Waals surface area contributed by atoms with Crippen LogP contribution in [0.25, 0.3) is 11.1 Å². The molecule has 0 spiro atoms. The number of alkyl carbamates (subject to hydrolysis) is 1. The molecule has 0 fully saturated rings. The van der Waals surface area contributed by atoms with Crippen LogP contribution in [0.2, 0.25) is 0 Å². The Labute approximate surface area is 180 Å². The molecule has 0 aromatic heterocycles. The van der Waals surface area contributed by atoms with Gasteiger partial charge in [0.05, 0.1) is 13.2 Å². The van der Waals surface area contributed by atoms with Gasteiger partial charge < -0.3 is 19.9 Å². The van der Waals surface area contributed by atoms with Crippen molar-refractivity contribution in [1.29, 1.82) is 0 Å². The predicted octanol–water partition coefficient (Wildman–Crippen LogP) is 4.78. The Hall–Kier alpha value is -3.80. The lowest BCUT2D eigenvalue weighted by atomic mass is 9.98. The van der Waals surface area contributed by atoms with Crippen LogP contribution in [0, 0.1) is 0 Å². The van der Waals surface area contributed by atoms with Gasteiger partial charge in [-0.1, -0.05) is 54.6 Å². The number of methoxy groups -OCH3 is 1. The Kier molecular flexibility index (Phi) is 5.62. The second-order valence-corrected chi connectivity index (χ2v) is 7.46. The van der Waals surface area contributed by atoms with Gasteiger partial charge in [-0.05, 0) is 46.9 Å². The summed E-state index contributed by atoms with van der Waals surface area (Å²) in [5.74, 6) is -0.843. The van der Waals surface area contributed by atoms with E-state index in [4.69, 9.17) is 4.74 Å². The SMILES string of the molecule is COC(=O)c1cc(C(C)NC(=O)OCC2c3ccccc3-c3ccccc32)ccc1O. The number of phenolic OH excluding ortho intramolecular Hbond substituents is 1. The quantitative estimate of drug-likeness (QED) is 0.584. The topological polar surface area (TPSA) is 84.9 Å². The van der Waals surface area contributed by atoms with E-state index in [0.29, 0.717) is 5.56 Å². The highest BCUT2D eigenvalue weighted by Gasteiger charge is 2.29. The molecule has 31 heavy (non-hydrogen) atoms. The molecule has 3 aromatic carbocycles. The zero-order valence-corrected chi connectivity index (χ0v) is 17.3. The molecule has 2 N–H and O–H groups in total. The molecule has 0 bridgehead atoms. The summed E-state index contributed by atoms with van der Waals surface area (Å²) in [6.45, 7) is 1.99. The molecular formula is C25H23NO5. The molecule has 1 unspecified atom stereocenters. The van der Waals surface area contributed by atoms with Crippen LogP contribution in [0.4, 0.5) is 4.79 Å². The van der Waals surface area contributed by atoms with E-state index in [2.05, 4.69) is 34.3 Å². The predicted molar refractivity (Wildman–Crippen MR) is 116 cm³/mol. The molecule has 0 saturated heterocycles. The molecule has 1 amide bonds. The number of nitrogens with one attached hydrogen (secondary N) is 1. The fraction of sp³-hybridized carbons (Fsp3) is 0.200. The van der Waals surface area contributed by atoms with Crippen molar-refractivity contribution >= 4 is 12.1 Å². The second kappa shape index (κ2) is 8.52. The van der Waals surface area contributed by atoms with Crippen molar-refractivity contribution in [2.24, 2.45) is 0 Å². The van der Waals surface area contributed by atoms with Crippen molar-refractivity contribution in [3.63, 3.8) is 0 Å². The molecule has 0 heterocycles. The number of rotatable bonds is 5. The second-order valence-electron chi connectivity index (χ2n) is 7.46. The van der Waals surface area contributed by atoms with Crippen LogP contribution in [0.15, 0.2) is 66.7 Å². The lowest BCUT2D eigenvalue weighted by Crippen LogP contribution is -2.28. The summed E-state index contributed by atoms with van der Waals surface area (Å²) in [4.78, 5) is 24.3. The van der Waals surface area contributed by atoms with Crippen molar-refractivity contribution in [2.75, 3.05) is 13.7 Å². The van der Waals surface area contributed by atoms with E-state index in [1.165, 1.54) is 30.4 Å². The maximum Gasteiger partial charge on any atom is 0.407 e. The number of esters is 1. The van der Waals surface area contributed by atoms with Crippen LogP contribution in [-0.4, -0.2) is 30.9 Å². The zero-order valence-electron chi connectivity index (χ0n) is 17.3. The fourth-order valence-corrected chi connectivity index (χ4v) is 4.00. The van der Waals surface area contributed by atoms with E-state index in [1.54, 1.807) is 13.0 Å². The van der Waals surface area contributed by atoms with E-state index < -0.39 is 18.1 Å². The van der Waals surface area contributed by atoms with Crippen molar-refractivity contribution in [3.8, 4) is 16.9 Å². The highest BCUT2D eigenvalue weighted by molar-refractivity contribution is 5.92. The van der Waals surface area contributed by atoms with Crippen molar-refractivity contribution < 1.29 is 24.2 Å². The summed E-state index contributed by atoms with van der Waals surface area (Å²) in [5, 5.41) is 12.6. The Bertz CT molecular complexity index is 1090. The minimum atomic E-state index is -0.646. The number of amides is 1. The Morgan fingerprint density at radius 2 is 1.61 bits per heavy atom. The molecular weight excluding hydrogens is 394 g/mol. The minimum absolute atomic E-state index is 0.0203. The van der Waals surface area contributed by atoms with E-state index in [9.17, 15) is 14.7 Å². The molecule has 0 saturated carbocycles. The van der Waals surface area contributed by atoms with Gasteiger partial charge in [0.1, 0.15) is 17.9 Å². The zero-order chi connectivity index (χ0) is 22.0. The summed E-state index contributed by atoms with van der Waals surface area (Å²) in [6.07, 6.45) is -0.554. The number of phenols is 1. The number of benzene rings is 3. The summed E-state index contributed by atoms with van der Waals surface area (Å²) < 4.78 is 10.2. The van der Waals surface area contributed by atoms with Crippen LogP contribution in [0.1, 0.15) is 45.9 Å². The number of hydrogen-bond donors (Lipinski definition) is 2. The van der Waals surface area contributed by atoms with E-state index >= 15 is 0 Å². The van der Waals surface area contributed by atoms with Gasteiger partial charge in [0.2, 0.25) is 0 Å². The number of aromatic hydroxyl groups is 1. The lowest BCUT2D eigenvalue weighted by Gasteiger charge is -2.18. The Balaban J connectivity index is 1.44. The van der Waals surface area contributed by atoms with Gasteiger partial charge in [-0.3, -0.25) is 0 Å². The van der Waals surface area contributed by atoms with Gasteiger partial charge in [0.15, 0.2) is 0 Å². The monoisotopic (exact) mass is 417 g/mol. The number of carbonyl (C=O) groups is 2. The standard InChI is InChI=1S/C25H23NO5/c1-15(16-11-12-23(27)21(13-16)24(28)30-2)26-25(29)31-14-22-19-9-5-3-7-17(19)18-8-4-6-10-20(18)22/h3-13,15,22,27H,14H2,1-2H3,(H,26,29). The number of carbonyl (C=O) groups excluding carboxylic acids is 2. The largest absolute Gasteiger partial charge is 0.507 e. The minimum Gasteiger partial charge on any atom is -0.507 e. The molecule has 1 aliphatic rings. The first-order chi connectivity index (χ1) is 15.0. The maximum atomic E-state index is 12.5. The maximum absolute atomic E-state index is 12.5. The van der Waals surface area contributed by atoms with Gasteiger partial charge in [0, 0.05) is 5.92 Å². The molecule has 4 rings (SSSR count). The first-order valence-electron chi connectivity index (χ1n) is 10.0. The summed E-state index contributed by atoms with van der Waals surface area (Å²) in [7, 11) is 1.24. The van der Waals surface area contributed by atoms with Crippen LogP contribution in [0.5, 0.6) is 5.75 Å². The molecule has 6 nitrogen and oxygen atoms in total. The van der Waals surface area contributed by atoms with Gasteiger partial charge >= 0.3 is 12.1 Å². The summed E-state index contributed by atoms with van der Waals surface area (Å²) in [6, 6.07) is 20.4. The van der Waals surface area contributed by atoms with E-state index in [0.717, 1.165) is 11.1 Å². The van der Waals surface area contributed by atoms with Crippen LogP contribution < -0.4 is 5.32 Å². The number of fused-ring (bicyclic) bond motifs is 3. The third-order valence-corrected chi connectivity index (χ3v) is 5.60. The van der Waals surface area contributed by atoms with Gasteiger partial charge in [-0.25, -0.2) is 9.59 Å². The molecule has 0 radical (unpaired) electrons. The van der Waals surface area contributed by atoms with Crippen molar-refractivity contribution in [2.45, 2.75) is 18.9 Å². The van der Waals surface area contributed by atoms with Crippen molar-refractivity contribution in [3.05, 3.63) is 89.0 Å². The lowest BCUT2D eigenvalue weighted by molar-refractivity contribution is 0.0597. The fourth-order valence-electron chi connectivity index (χ4n) is 4.00. The van der Waals surface area contributed by atoms with Crippen LogP contribution in [-0.2, 0) is 9.47 Å². The highest BCUT2D eigenvalue weighted by Crippen LogP contribution is 2.44.